The number of nitrogens with one attached hydrogen (secondary N) is 1. The molecule has 0 aliphatic heterocycles. The lowest BCUT2D eigenvalue weighted by Gasteiger charge is -2.12. The van der Waals surface area contributed by atoms with Gasteiger partial charge >= 0.3 is 0 Å². The van der Waals surface area contributed by atoms with Gasteiger partial charge in [0.15, 0.2) is 0 Å². The molecule has 0 spiro atoms. The molecular weight excluding hydrogens is 372 g/mol. The summed E-state index contributed by atoms with van der Waals surface area (Å²) < 4.78 is 11.0. The first kappa shape index (κ1) is 20.5. The number of amides is 1. The third-order valence-corrected chi connectivity index (χ3v) is 5.80. The van der Waals surface area contributed by atoms with Gasteiger partial charge in [-0.15, -0.1) is 11.8 Å². The molecule has 0 radical (unpaired) electrons. The lowest BCUT2D eigenvalue weighted by Crippen LogP contribution is -2.26. The molecule has 6 heteroatoms. The molecule has 1 aromatic heterocycles. The molecule has 1 amide bonds. The van der Waals surface area contributed by atoms with Crippen molar-refractivity contribution < 1.29 is 13.9 Å². The summed E-state index contributed by atoms with van der Waals surface area (Å²) in [5.74, 6) is 3.36. The van der Waals surface area contributed by atoms with E-state index < -0.39 is 0 Å². The number of hydrogen-bond donors (Lipinski definition) is 1. The third kappa shape index (κ3) is 5.89. The summed E-state index contributed by atoms with van der Waals surface area (Å²) in [6.07, 6.45) is 8.27. The van der Waals surface area contributed by atoms with E-state index in [0.29, 0.717) is 17.4 Å². The maximum absolute atomic E-state index is 12.0. The number of nitrogens with zero attached hydrogens (tertiary/aromatic N) is 1. The number of ether oxygens (including phenoxy) is 1. The number of carbonyl (C=O) groups excluding carboxylic acids is 1. The van der Waals surface area contributed by atoms with Crippen molar-refractivity contribution in [3.05, 3.63) is 47.4 Å². The standard InChI is InChI=1S/C22H28N2O3S/c1-16-20(24-22(27-16)18-8-10-19(26-2)11-9-18)14-28-15-21(25)23-13-12-17-6-4-3-5-7-17/h6,8-11H,3-5,7,12-15H2,1-2H3,(H,23,25). The molecule has 0 atom stereocenters. The summed E-state index contributed by atoms with van der Waals surface area (Å²) in [6.45, 7) is 2.64. The molecule has 0 unspecified atom stereocenters. The van der Waals surface area contributed by atoms with Crippen LogP contribution in [0.2, 0.25) is 0 Å². The van der Waals surface area contributed by atoms with Crippen molar-refractivity contribution in [1.82, 2.24) is 10.3 Å². The molecule has 2 aromatic rings. The van der Waals surface area contributed by atoms with Gasteiger partial charge < -0.3 is 14.5 Å². The molecule has 1 aliphatic rings. The summed E-state index contributed by atoms with van der Waals surface area (Å²) in [5.41, 5.74) is 3.29. The molecule has 0 saturated carbocycles. The van der Waals surface area contributed by atoms with Gasteiger partial charge in [-0.05, 0) is 63.3 Å². The summed E-state index contributed by atoms with van der Waals surface area (Å²) in [4.78, 5) is 16.6. The quantitative estimate of drug-likeness (QED) is 0.607. The highest BCUT2D eigenvalue weighted by Crippen LogP contribution is 2.26. The summed E-state index contributed by atoms with van der Waals surface area (Å²) in [7, 11) is 1.64. The van der Waals surface area contributed by atoms with E-state index in [1.165, 1.54) is 31.3 Å². The molecule has 1 heterocycles. The van der Waals surface area contributed by atoms with Crippen molar-refractivity contribution in [3.63, 3.8) is 0 Å². The second kappa shape index (κ2) is 10.4. The highest BCUT2D eigenvalue weighted by molar-refractivity contribution is 7.99. The first-order valence-corrected chi connectivity index (χ1v) is 10.9. The second-order valence-corrected chi connectivity index (χ2v) is 7.94. The minimum Gasteiger partial charge on any atom is -0.497 e. The fraction of sp³-hybridized carbons (Fsp3) is 0.455. The molecule has 0 saturated heterocycles. The average molecular weight is 401 g/mol. The van der Waals surface area contributed by atoms with E-state index in [4.69, 9.17) is 9.15 Å². The molecule has 1 aliphatic carbocycles. The van der Waals surface area contributed by atoms with E-state index in [-0.39, 0.29) is 5.91 Å². The van der Waals surface area contributed by atoms with Gasteiger partial charge in [-0.1, -0.05) is 11.6 Å². The molecule has 0 bridgehead atoms. The van der Waals surface area contributed by atoms with Crippen molar-refractivity contribution in [2.24, 2.45) is 0 Å². The largest absolute Gasteiger partial charge is 0.497 e. The summed E-state index contributed by atoms with van der Waals surface area (Å²) >= 11 is 1.56. The molecule has 150 valence electrons. The van der Waals surface area contributed by atoms with Crippen molar-refractivity contribution in [2.45, 2.75) is 44.8 Å². The summed E-state index contributed by atoms with van der Waals surface area (Å²) in [6, 6.07) is 7.63. The average Bonchev–Trinajstić information content (AvgIpc) is 3.09. The lowest BCUT2D eigenvalue weighted by molar-refractivity contribution is -0.118. The number of methoxy groups -OCH3 is 1. The number of allylic oxidation sites excluding steroid dienone is 1. The van der Waals surface area contributed by atoms with Gasteiger partial charge in [-0.2, -0.15) is 0 Å². The number of rotatable bonds is 9. The Morgan fingerprint density at radius 3 is 2.82 bits per heavy atom. The normalized spacial score (nSPS) is 13.9. The summed E-state index contributed by atoms with van der Waals surface area (Å²) in [5, 5.41) is 3.02. The van der Waals surface area contributed by atoms with Gasteiger partial charge in [0.25, 0.3) is 0 Å². The van der Waals surface area contributed by atoms with Gasteiger partial charge in [-0.25, -0.2) is 4.98 Å². The minimum atomic E-state index is 0.0814. The van der Waals surface area contributed by atoms with Gasteiger partial charge in [0, 0.05) is 17.9 Å². The highest BCUT2D eigenvalue weighted by Gasteiger charge is 2.12. The number of carbonyl (C=O) groups is 1. The molecule has 1 N–H and O–H groups in total. The van der Waals surface area contributed by atoms with Crippen molar-refractivity contribution >= 4 is 17.7 Å². The zero-order valence-electron chi connectivity index (χ0n) is 16.6. The van der Waals surface area contributed by atoms with Crippen LogP contribution in [0.4, 0.5) is 0 Å². The number of aromatic nitrogens is 1. The predicted octanol–water partition coefficient (Wildman–Crippen LogP) is 4.90. The van der Waals surface area contributed by atoms with Crippen LogP contribution in [-0.2, 0) is 10.5 Å². The molecule has 3 rings (SSSR count). The topological polar surface area (TPSA) is 64.4 Å². The van der Waals surface area contributed by atoms with Crippen LogP contribution in [0.3, 0.4) is 0 Å². The van der Waals surface area contributed by atoms with Crippen LogP contribution < -0.4 is 10.1 Å². The molecule has 1 aromatic carbocycles. The number of thioether (sulfide) groups is 1. The predicted molar refractivity (Wildman–Crippen MR) is 114 cm³/mol. The minimum absolute atomic E-state index is 0.0814. The van der Waals surface area contributed by atoms with Crippen LogP contribution in [0.25, 0.3) is 11.5 Å². The maximum Gasteiger partial charge on any atom is 0.230 e. The zero-order chi connectivity index (χ0) is 19.8. The Hall–Kier alpha value is -2.21. The molecule has 5 nitrogen and oxygen atoms in total. The van der Waals surface area contributed by atoms with E-state index in [9.17, 15) is 4.79 Å². The van der Waals surface area contributed by atoms with Gasteiger partial charge in [0.1, 0.15) is 11.5 Å². The van der Waals surface area contributed by atoms with E-state index >= 15 is 0 Å². The van der Waals surface area contributed by atoms with Crippen molar-refractivity contribution in [3.8, 4) is 17.2 Å². The third-order valence-electron chi connectivity index (χ3n) is 4.85. The molecular formula is C22H28N2O3S. The van der Waals surface area contributed by atoms with Gasteiger partial charge in [0.05, 0.1) is 18.6 Å². The van der Waals surface area contributed by atoms with Crippen LogP contribution in [0.5, 0.6) is 5.75 Å². The van der Waals surface area contributed by atoms with Crippen molar-refractivity contribution in [2.75, 3.05) is 19.4 Å². The van der Waals surface area contributed by atoms with E-state index in [2.05, 4.69) is 16.4 Å². The van der Waals surface area contributed by atoms with Crippen LogP contribution >= 0.6 is 11.8 Å². The SMILES string of the molecule is COc1ccc(-c2nc(CSCC(=O)NCCC3=CCCCC3)c(C)o2)cc1. The Balaban J connectivity index is 1.42. The second-order valence-electron chi connectivity index (χ2n) is 6.95. The lowest BCUT2D eigenvalue weighted by atomic mass is 9.97. The van der Waals surface area contributed by atoms with Crippen LogP contribution in [0.15, 0.2) is 40.3 Å². The Morgan fingerprint density at radius 1 is 1.29 bits per heavy atom. The Labute approximate surface area is 170 Å². The molecule has 28 heavy (non-hydrogen) atoms. The van der Waals surface area contributed by atoms with E-state index in [1.807, 2.05) is 31.2 Å². The monoisotopic (exact) mass is 400 g/mol. The first-order valence-electron chi connectivity index (χ1n) is 9.79. The van der Waals surface area contributed by atoms with Gasteiger partial charge in [0.2, 0.25) is 11.8 Å². The van der Waals surface area contributed by atoms with E-state index in [1.54, 1.807) is 18.9 Å². The fourth-order valence-electron chi connectivity index (χ4n) is 3.20. The van der Waals surface area contributed by atoms with Crippen LogP contribution in [-0.4, -0.2) is 30.3 Å². The van der Waals surface area contributed by atoms with Crippen LogP contribution in [0, 0.1) is 6.92 Å². The maximum atomic E-state index is 12.0. The van der Waals surface area contributed by atoms with Crippen molar-refractivity contribution in [1.29, 1.82) is 0 Å². The van der Waals surface area contributed by atoms with E-state index in [0.717, 1.165) is 35.7 Å². The van der Waals surface area contributed by atoms with Crippen LogP contribution in [0.1, 0.15) is 43.6 Å². The smallest absolute Gasteiger partial charge is 0.230 e. The number of aryl methyl sites for hydroxylation is 1. The fourth-order valence-corrected chi connectivity index (χ4v) is 4.06. The number of hydrogen-bond acceptors (Lipinski definition) is 5. The number of benzene rings is 1. The number of oxazole rings is 1. The zero-order valence-corrected chi connectivity index (χ0v) is 17.4. The highest BCUT2D eigenvalue weighted by atomic mass is 32.2. The first-order chi connectivity index (χ1) is 13.7. The Kier molecular flexibility index (Phi) is 7.60. The Morgan fingerprint density at radius 2 is 2.11 bits per heavy atom. The van der Waals surface area contributed by atoms with Gasteiger partial charge in [-0.3, -0.25) is 4.79 Å². The Bertz CT molecular complexity index is 812. The molecule has 0 fully saturated rings.